The lowest BCUT2D eigenvalue weighted by Crippen LogP contribution is -2.06. The predicted octanol–water partition coefficient (Wildman–Crippen LogP) is 2.86. The molecule has 2 aromatic rings. The monoisotopic (exact) mass is 292 g/mol. The van der Waals surface area contributed by atoms with Crippen LogP contribution in [0.25, 0.3) is 0 Å². The summed E-state index contributed by atoms with van der Waals surface area (Å²) in [6, 6.07) is 7.10. The predicted molar refractivity (Wildman–Crippen MR) is 75.9 cm³/mol. The highest BCUT2D eigenvalue weighted by atomic mass is 32.2. The summed E-state index contributed by atoms with van der Waals surface area (Å²) >= 11 is 0. The van der Waals surface area contributed by atoms with E-state index in [0.29, 0.717) is 16.7 Å². The second kappa shape index (κ2) is 4.83. The van der Waals surface area contributed by atoms with Crippen LogP contribution < -0.4 is 0 Å². The van der Waals surface area contributed by atoms with Crippen LogP contribution in [0.3, 0.4) is 0 Å². The van der Waals surface area contributed by atoms with Crippen molar-refractivity contribution in [3.63, 3.8) is 0 Å². The van der Waals surface area contributed by atoms with Gasteiger partial charge in [0.05, 0.1) is 9.79 Å². The van der Waals surface area contributed by atoms with Gasteiger partial charge < -0.3 is 10.2 Å². The minimum absolute atomic E-state index is 0.0331. The van der Waals surface area contributed by atoms with Gasteiger partial charge in [-0.1, -0.05) is 6.07 Å². The van der Waals surface area contributed by atoms with Crippen LogP contribution >= 0.6 is 0 Å². The SMILES string of the molecule is Cc1ccc(S(=O)(=O)c2c(C)cc(O)cc2C)cc1O. The summed E-state index contributed by atoms with van der Waals surface area (Å²) < 4.78 is 25.3. The average Bonchev–Trinajstić information content (AvgIpc) is 2.30. The Morgan fingerprint density at radius 2 is 1.40 bits per heavy atom. The van der Waals surface area contributed by atoms with Gasteiger partial charge in [0.15, 0.2) is 0 Å². The molecule has 0 aromatic heterocycles. The molecule has 0 aliphatic heterocycles. The minimum Gasteiger partial charge on any atom is -0.508 e. The number of hydrogen-bond acceptors (Lipinski definition) is 4. The minimum atomic E-state index is -3.73. The van der Waals surface area contributed by atoms with Crippen molar-refractivity contribution in [3.05, 3.63) is 47.0 Å². The summed E-state index contributed by atoms with van der Waals surface area (Å²) in [5.41, 5.74) is 1.56. The van der Waals surface area contributed by atoms with Gasteiger partial charge in [-0.15, -0.1) is 0 Å². The highest BCUT2D eigenvalue weighted by Gasteiger charge is 2.23. The number of hydrogen-bond donors (Lipinski definition) is 2. The maximum absolute atomic E-state index is 12.7. The molecule has 106 valence electrons. The topological polar surface area (TPSA) is 74.6 Å². The van der Waals surface area contributed by atoms with Crippen LogP contribution in [-0.2, 0) is 9.84 Å². The molecule has 0 bridgehead atoms. The van der Waals surface area contributed by atoms with Crippen molar-refractivity contribution in [2.24, 2.45) is 0 Å². The highest BCUT2D eigenvalue weighted by Crippen LogP contribution is 2.31. The lowest BCUT2D eigenvalue weighted by Gasteiger charge is -2.12. The number of aromatic hydroxyl groups is 2. The Hall–Kier alpha value is -2.01. The summed E-state index contributed by atoms with van der Waals surface area (Å²) in [7, 11) is -3.73. The Morgan fingerprint density at radius 3 is 1.90 bits per heavy atom. The number of phenols is 2. The molecule has 0 unspecified atom stereocenters. The first kappa shape index (κ1) is 14.4. The number of benzene rings is 2. The van der Waals surface area contributed by atoms with E-state index < -0.39 is 9.84 Å². The van der Waals surface area contributed by atoms with Crippen LogP contribution in [0, 0.1) is 20.8 Å². The molecular formula is C15H16O4S. The fourth-order valence-electron chi connectivity index (χ4n) is 2.23. The van der Waals surface area contributed by atoms with E-state index in [1.54, 1.807) is 26.8 Å². The zero-order valence-electron chi connectivity index (χ0n) is 11.5. The van der Waals surface area contributed by atoms with Crippen molar-refractivity contribution in [1.82, 2.24) is 0 Å². The van der Waals surface area contributed by atoms with Crippen LogP contribution in [0.5, 0.6) is 11.5 Å². The third kappa shape index (κ3) is 2.36. The molecule has 0 fully saturated rings. The van der Waals surface area contributed by atoms with E-state index >= 15 is 0 Å². The largest absolute Gasteiger partial charge is 0.508 e. The maximum atomic E-state index is 12.7. The van der Waals surface area contributed by atoms with Crippen molar-refractivity contribution in [3.8, 4) is 11.5 Å². The molecule has 5 heteroatoms. The first-order chi connectivity index (χ1) is 9.23. The van der Waals surface area contributed by atoms with Gasteiger partial charge >= 0.3 is 0 Å². The molecule has 4 nitrogen and oxygen atoms in total. The molecule has 2 aromatic carbocycles. The second-order valence-corrected chi connectivity index (χ2v) is 6.75. The summed E-state index contributed by atoms with van der Waals surface area (Å²) in [6.45, 7) is 4.96. The third-order valence-corrected chi connectivity index (χ3v) is 5.26. The van der Waals surface area contributed by atoms with E-state index in [2.05, 4.69) is 0 Å². The molecule has 0 atom stereocenters. The Labute approximate surface area is 118 Å². The zero-order valence-corrected chi connectivity index (χ0v) is 12.3. The smallest absolute Gasteiger partial charge is 0.207 e. The fourth-order valence-corrected chi connectivity index (χ4v) is 3.94. The maximum Gasteiger partial charge on any atom is 0.207 e. The molecule has 0 saturated heterocycles. The molecule has 0 aliphatic rings. The van der Waals surface area contributed by atoms with Crippen molar-refractivity contribution in [2.75, 3.05) is 0 Å². The van der Waals surface area contributed by atoms with Crippen LogP contribution in [0.4, 0.5) is 0 Å². The van der Waals surface area contributed by atoms with Gasteiger partial charge in [-0.05, 0) is 61.7 Å². The normalized spacial score (nSPS) is 11.6. The van der Waals surface area contributed by atoms with Crippen LogP contribution in [0.2, 0.25) is 0 Å². The molecule has 0 spiro atoms. The summed E-state index contributed by atoms with van der Waals surface area (Å²) in [5.74, 6) is -0.0223. The van der Waals surface area contributed by atoms with Gasteiger partial charge in [-0.3, -0.25) is 0 Å². The van der Waals surface area contributed by atoms with Crippen molar-refractivity contribution >= 4 is 9.84 Å². The molecule has 0 radical (unpaired) electrons. The highest BCUT2D eigenvalue weighted by molar-refractivity contribution is 7.91. The molecule has 0 heterocycles. The number of phenolic OH excluding ortho intramolecular Hbond substituents is 2. The first-order valence-corrected chi connectivity index (χ1v) is 7.56. The summed E-state index contributed by atoms with van der Waals surface area (Å²) in [6.07, 6.45) is 0. The lowest BCUT2D eigenvalue weighted by atomic mass is 10.1. The zero-order chi connectivity index (χ0) is 15.1. The van der Waals surface area contributed by atoms with Gasteiger partial charge in [0, 0.05) is 0 Å². The number of aryl methyl sites for hydroxylation is 3. The average molecular weight is 292 g/mol. The van der Waals surface area contributed by atoms with E-state index in [1.807, 2.05) is 0 Å². The molecule has 0 aliphatic carbocycles. The molecule has 20 heavy (non-hydrogen) atoms. The van der Waals surface area contributed by atoms with E-state index in [0.717, 1.165) is 0 Å². The van der Waals surface area contributed by atoms with Crippen molar-refractivity contribution in [2.45, 2.75) is 30.6 Å². The van der Waals surface area contributed by atoms with Gasteiger partial charge in [0.25, 0.3) is 0 Å². The molecule has 0 amide bonds. The Kier molecular flexibility index (Phi) is 3.48. The third-order valence-electron chi connectivity index (χ3n) is 3.20. The first-order valence-electron chi connectivity index (χ1n) is 6.08. The summed E-state index contributed by atoms with van der Waals surface area (Å²) in [4.78, 5) is 0.205. The standard InChI is InChI=1S/C15H16O4S/c1-9-4-5-13(8-14(9)17)20(18,19)15-10(2)6-12(16)7-11(15)3/h4-8,16-17H,1-3H3. The molecule has 2 N–H and O–H groups in total. The molecular weight excluding hydrogens is 276 g/mol. The quantitative estimate of drug-likeness (QED) is 0.892. The van der Waals surface area contributed by atoms with Crippen LogP contribution in [0.1, 0.15) is 16.7 Å². The Morgan fingerprint density at radius 1 is 0.850 bits per heavy atom. The lowest BCUT2D eigenvalue weighted by molar-refractivity contribution is 0.468. The van der Waals surface area contributed by atoms with Gasteiger partial charge in [-0.25, -0.2) is 8.42 Å². The van der Waals surface area contributed by atoms with E-state index in [4.69, 9.17) is 0 Å². The van der Waals surface area contributed by atoms with E-state index in [1.165, 1.54) is 24.3 Å². The Bertz CT molecular complexity index is 753. The van der Waals surface area contributed by atoms with Gasteiger partial charge in [-0.2, -0.15) is 0 Å². The summed E-state index contributed by atoms with van der Waals surface area (Å²) in [5, 5.41) is 19.2. The fraction of sp³-hybridized carbons (Fsp3) is 0.200. The Balaban J connectivity index is 2.70. The van der Waals surface area contributed by atoms with Crippen molar-refractivity contribution in [1.29, 1.82) is 0 Å². The van der Waals surface area contributed by atoms with Gasteiger partial charge in [0.2, 0.25) is 9.84 Å². The van der Waals surface area contributed by atoms with E-state index in [9.17, 15) is 18.6 Å². The van der Waals surface area contributed by atoms with Crippen molar-refractivity contribution < 1.29 is 18.6 Å². The van der Waals surface area contributed by atoms with Crippen LogP contribution in [0.15, 0.2) is 40.1 Å². The second-order valence-electron chi connectivity index (χ2n) is 4.86. The van der Waals surface area contributed by atoms with E-state index in [-0.39, 0.29) is 21.3 Å². The number of sulfone groups is 1. The van der Waals surface area contributed by atoms with Crippen LogP contribution in [-0.4, -0.2) is 18.6 Å². The number of rotatable bonds is 2. The van der Waals surface area contributed by atoms with Gasteiger partial charge in [0.1, 0.15) is 11.5 Å². The molecule has 0 saturated carbocycles. The molecule has 2 rings (SSSR count).